The number of amides is 3. The lowest BCUT2D eigenvalue weighted by atomic mass is 9.99. The van der Waals surface area contributed by atoms with Crippen LogP contribution in [0.2, 0.25) is 0 Å². The second-order valence-corrected chi connectivity index (χ2v) is 6.32. The van der Waals surface area contributed by atoms with Crippen molar-refractivity contribution in [3.05, 3.63) is 23.3 Å². The number of carbonyl (C=O) groups is 3. The lowest BCUT2D eigenvalue weighted by Gasteiger charge is -2.39. The van der Waals surface area contributed by atoms with Crippen molar-refractivity contribution in [1.82, 2.24) is 29.4 Å². The zero-order valence-corrected chi connectivity index (χ0v) is 13.8. The van der Waals surface area contributed by atoms with Crippen LogP contribution in [0.1, 0.15) is 22.0 Å². The molecule has 3 amide bonds. The van der Waals surface area contributed by atoms with Gasteiger partial charge in [-0.05, 0) is 19.9 Å². The van der Waals surface area contributed by atoms with Crippen molar-refractivity contribution in [3.63, 3.8) is 0 Å². The molecule has 2 aliphatic rings. The Kier molecular flexibility index (Phi) is 3.41. The molecule has 130 valence electrons. The Morgan fingerprint density at radius 1 is 1.28 bits per heavy atom. The van der Waals surface area contributed by atoms with E-state index in [2.05, 4.69) is 19.8 Å². The fraction of sp³-hybridized carbons (Fsp3) is 0.467. The molecule has 0 bridgehead atoms. The number of nitrogens with zero attached hydrogens (tertiary/aromatic N) is 6. The van der Waals surface area contributed by atoms with Gasteiger partial charge in [0, 0.05) is 36.9 Å². The molecule has 2 fully saturated rings. The molecule has 0 aliphatic carbocycles. The number of cyclic esters (lactones) is 1. The molecular formula is C15H16N6O4. The highest BCUT2D eigenvalue weighted by atomic mass is 16.6. The number of rotatable bonds is 3. The van der Waals surface area contributed by atoms with Crippen molar-refractivity contribution >= 4 is 23.7 Å². The standard InChI is InChI=1S/C15H16N6O4/c1-8-3-9(2)21-14(16-8)17-12(18-21)13(23)19-4-10(5-19)6-20-11(22)7-25-15(20)24/h3,10H,4-7H2,1-2H3. The molecule has 10 heteroatoms. The van der Waals surface area contributed by atoms with Crippen molar-refractivity contribution in [3.8, 4) is 0 Å². The number of hydrogen-bond acceptors (Lipinski definition) is 7. The molecular weight excluding hydrogens is 328 g/mol. The van der Waals surface area contributed by atoms with Gasteiger partial charge < -0.3 is 9.64 Å². The fourth-order valence-electron chi connectivity index (χ4n) is 3.07. The molecule has 0 N–H and O–H groups in total. The second kappa shape index (κ2) is 5.50. The normalized spacial score (nSPS) is 18.0. The van der Waals surface area contributed by atoms with Gasteiger partial charge in [0.05, 0.1) is 0 Å². The average Bonchev–Trinajstić information content (AvgIpc) is 3.07. The number of aryl methyl sites for hydroxylation is 2. The maximum Gasteiger partial charge on any atom is 0.417 e. The van der Waals surface area contributed by atoms with Crippen LogP contribution in [0.15, 0.2) is 6.07 Å². The molecule has 0 unspecified atom stereocenters. The minimum atomic E-state index is -0.617. The first-order chi connectivity index (χ1) is 11.9. The topological polar surface area (TPSA) is 110 Å². The Morgan fingerprint density at radius 2 is 2.04 bits per heavy atom. The Hall–Kier alpha value is -3.04. The Bertz CT molecular complexity index is 885. The first-order valence-corrected chi connectivity index (χ1v) is 7.90. The van der Waals surface area contributed by atoms with E-state index in [9.17, 15) is 14.4 Å². The molecule has 10 nitrogen and oxygen atoms in total. The third-order valence-electron chi connectivity index (χ3n) is 4.34. The Balaban J connectivity index is 1.42. The monoisotopic (exact) mass is 344 g/mol. The van der Waals surface area contributed by atoms with Gasteiger partial charge in [0.15, 0.2) is 6.61 Å². The minimum absolute atomic E-state index is 0.0395. The fourth-order valence-corrected chi connectivity index (χ4v) is 3.07. The Labute approximate surface area is 142 Å². The van der Waals surface area contributed by atoms with Gasteiger partial charge in [-0.15, -0.1) is 5.10 Å². The van der Waals surface area contributed by atoms with Gasteiger partial charge >= 0.3 is 6.09 Å². The van der Waals surface area contributed by atoms with E-state index in [1.807, 2.05) is 19.9 Å². The SMILES string of the molecule is Cc1cc(C)n2nc(C(=O)N3CC(CN4C(=O)COC4=O)C3)nc2n1. The summed E-state index contributed by atoms with van der Waals surface area (Å²) in [6.07, 6.45) is -0.617. The molecule has 2 aromatic rings. The minimum Gasteiger partial charge on any atom is -0.439 e. The number of likely N-dealkylation sites (tertiary alicyclic amines) is 1. The maximum atomic E-state index is 12.5. The molecule has 0 saturated carbocycles. The lowest BCUT2D eigenvalue weighted by Crippen LogP contribution is -2.54. The maximum absolute atomic E-state index is 12.5. The van der Waals surface area contributed by atoms with Crippen LogP contribution in [-0.2, 0) is 9.53 Å². The second-order valence-electron chi connectivity index (χ2n) is 6.32. The van der Waals surface area contributed by atoms with Gasteiger partial charge in [0.2, 0.25) is 5.82 Å². The van der Waals surface area contributed by atoms with E-state index >= 15 is 0 Å². The van der Waals surface area contributed by atoms with E-state index in [0.29, 0.717) is 18.9 Å². The highest BCUT2D eigenvalue weighted by molar-refractivity contribution is 5.97. The van der Waals surface area contributed by atoms with Crippen molar-refractivity contribution < 1.29 is 19.1 Å². The molecule has 0 aromatic carbocycles. The van der Waals surface area contributed by atoms with E-state index in [-0.39, 0.29) is 36.7 Å². The van der Waals surface area contributed by atoms with Crippen LogP contribution >= 0.6 is 0 Å². The van der Waals surface area contributed by atoms with Crippen molar-refractivity contribution in [2.45, 2.75) is 13.8 Å². The highest BCUT2D eigenvalue weighted by Gasteiger charge is 2.39. The van der Waals surface area contributed by atoms with Gasteiger partial charge in [-0.1, -0.05) is 0 Å². The van der Waals surface area contributed by atoms with Gasteiger partial charge in [0.1, 0.15) is 0 Å². The van der Waals surface area contributed by atoms with Gasteiger partial charge in [-0.25, -0.2) is 19.2 Å². The summed E-state index contributed by atoms with van der Waals surface area (Å²) in [6, 6.07) is 1.86. The number of carbonyl (C=O) groups excluding carboxylic acids is 3. The van der Waals surface area contributed by atoms with Gasteiger partial charge in [0.25, 0.3) is 17.6 Å². The summed E-state index contributed by atoms with van der Waals surface area (Å²) in [5.74, 6) is -0.0971. The van der Waals surface area contributed by atoms with Crippen LogP contribution in [0, 0.1) is 19.8 Å². The molecule has 4 rings (SSSR count). The van der Waals surface area contributed by atoms with E-state index in [1.54, 1.807) is 4.90 Å². The molecule has 2 aliphatic heterocycles. The quantitative estimate of drug-likeness (QED) is 0.758. The van der Waals surface area contributed by atoms with Crippen molar-refractivity contribution in [2.75, 3.05) is 26.2 Å². The van der Waals surface area contributed by atoms with E-state index in [4.69, 9.17) is 0 Å². The number of fused-ring (bicyclic) bond motifs is 1. The van der Waals surface area contributed by atoms with Crippen LogP contribution < -0.4 is 0 Å². The summed E-state index contributed by atoms with van der Waals surface area (Å²) >= 11 is 0. The van der Waals surface area contributed by atoms with Crippen LogP contribution in [0.25, 0.3) is 5.78 Å². The van der Waals surface area contributed by atoms with Crippen LogP contribution in [-0.4, -0.2) is 73.5 Å². The summed E-state index contributed by atoms with van der Waals surface area (Å²) < 4.78 is 6.21. The van der Waals surface area contributed by atoms with Crippen LogP contribution in [0.3, 0.4) is 0 Å². The van der Waals surface area contributed by atoms with Crippen LogP contribution in [0.5, 0.6) is 0 Å². The molecule has 2 aromatic heterocycles. The number of imide groups is 1. The number of ether oxygens (including phenoxy) is 1. The van der Waals surface area contributed by atoms with Gasteiger partial charge in [-0.3, -0.25) is 9.59 Å². The average molecular weight is 344 g/mol. The summed E-state index contributed by atoms with van der Waals surface area (Å²) in [5, 5.41) is 4.22. The molecule has 0 spiro atoms. The molecule has 2 saturated heterocycles. The highest BCUT2D eigenvalue weighted by Crippen LogP contribution is 2.21. The predicted octanol–water partition coefficient (Wildman–Crippen LogP) is -0.208. The summed E-state index contributed by atoms with van der Waals surface area (Å²) in [5.41, 5.74) is 1.66. The van der Waals surface area contributed by atoms with Gasteiger partial charge in [-0.2, -0.15) is 4.98 Å². The summed E-state index contributed by atoms with van der Waals surface area (Å²) in [7, 11) is 0. The number of hydrogen-bond donors (Lipinski definition) is 0. The van der Waals surface area contributed by atoms with Crippen molar-refractivity contribution in [2.24, 2.45) is 5.92 Å². The molecule has 4 heterocycles. The largest absolute Gasteiger partial charge is 0.439 e. The van der Waals surface area contributed by atoms with E-state index in [0.717, 1.165) is 16.3 Å². The predicted molar refractivity (Wildman–Crippen MR) is 82.7 cm³/mol. The summed E-state index contributed by atoms with van der Waals surface area (Å²) in [6.45, 7) is 4.67. The zero-order chi connectivity index (χ0) is 17.7. The third kappa shape index (κ3) is 2.59. The molecule has 0 radical (unpaired) electrons. The van der Waals surface area contributed by atoms with E-state index < -0.39 is 6.09 Å². The third-order valence-corrected chi connectivity index (χ3v) is 4.34. The first kappa shape index (κ1) is 15.5. The zero-order valence-electron chi connectivity index (χ0n) is 13.8. The van der Waals surface area contributed by atoms with E-state index in [1.165, 1.54) is 4.52 Å². The lowest BCUT2D eigenvalue weighted by molar-refractivity contribution is -0.126. The van der Waals surface area contributed by atoms with Crippen molar-refractivity contribution in [1.29, 1.82) is 0 Å². The van der Waals surface area contributed by atoms with Crippen LogP contribution in [0.4, 0.5) is 4.79 Å². The first-order valence-electron chi connectivity index (χ1n) is 7.90. The smallest absolute Gasteiger partial charge is 0.417 e. The summed E-state index contributed by atoms with van der Waals surface area (Å²) in [4.78, 5) is 46.6. The number of aromatic nitrogens is 4. The Morgan fingerprint density at radius 3 is 2.72 bits per heavy atom. The molecule has 25 heavy (non-hydrogen) atoms. The molecule has 0 atom stereocenters.